The molecule has 0 saturated carbocycles. The van der Waals surface area contributed by atoms with Gasteiger partial charge in [0.2, 0.25) is 11.8 Å². The first-order chi connectivity index (χ1) is 16.2. The van der Waals surface area contributed by atoms with Crippen LogP contribution < -0.4 is 0 Å². The van der Waals surface area contributed by atoms with Crippen LogP contribution in [0.2, 0.25) is 0 Å². The number of hydrogen-bond acceptors (Lipinski definition) is 4. The highest BCUT2D eigenvalue weighted by atomic mass is 16.4. The van der Waals surface area contributed by atoms with Crippen LogP contribution in [0.4, 0.5) is 0 Å². The molecule has 0 N–H and O–H groups in total. The highest BCUT2D eigenvalue weighted by Crippen LogP contribution is 2.27. The topological polar surface area (TPSA) is 52.1 Å². The van der Waals surface area contributed by atoms with Gasteiger partial charge in [0.15, 0.2) is 11.2 Å². The van der Waals surface area contributed by atoms with E-state index in [1.807, 2.05) is 73.7 Å². The third kappa shape index (κ3) is 3.72. The maximum atomic E-state index is 5.93. The van der Waals surface area contributed by atoms with Gasteiger partial charge in [-0.2, -0.15) is 0 Å². The van der Waals surface area contributed by atoms with Crippen LogP contribution in [-0.2, 0) is 0 Å². The van der Waals surface area contributed by atoms with Crippen LogP contribution in [0.1, 0.15) is 16.7 Å². The molecule has 6 aromatic rings. The van der Waals surface area contributed by atoms with Crippen molar-refractivity contribution in [3.63, 3.8) is 0 Å². The van der Waals surface area contributed by atoms with Gasteiger partial charge in [-0.15, -0.1) is 0 Å². The summed E-state index contributed by atoms with van der Waals surface area (Å²) in [5.74, 6) is 1.28. The summed E-state index contributed by atoms with van der Waals surface area (Å²) in [7, 11) is 0. The Balaban J connectivity index is 1.19. The zero-order valence-corrected chi connectivity index (χ0v) is 18.0. The Hall–Kier alpha value is -4.44. The first-order valence-electron chi connectivity index (χ1n) is 10.8. The van der Waals surface area contributed by atoms with E-state index in [4.69, 9.17) is 8.83 Å². The SMILES string of the molecule is Cc1cccc2oc(-c3ccc(C=Cc4ccc(-c5nc6ccccc6o5)cc4)cc3)nc12. The van der Waals surface area contributed by atoms with Gasteiger partial charge in [0.25, 0.3) is 0 Å². The molecule has 2 heterocycles. The number of fused-ring (bicyclic) bond motifs is 2. The number of aromatic nitrogens is 2. The second kappa shape index (κ2) is 7.92. The molecule has 4 aromatic carbocycles. The fourth-order valence-electron chi connectivity index (χ4n) is 3.87. The molecular weight excluding hydrogens is 408 g/mol. The average Bonchev–Trinajstić information content (AvgIpc) is 3.49. The Bertz CT molecular complexity index is 1570. The summed E-state index contributed by atoms with van der Waals surface area (Å²) in [5, 5.41) is 0. The van der Waals surface area contributed by atoms with E-state index in [2.05, 4.69) is 46.4 Å². The zero-order chi connectivity index (χ0) is 22.2. The minimum absolute atomic E-state index is 0.636. The molecule has 0 radical (unpaired) electrons. The van der Waals surface area contributed by atoms with Gasteiger partial charge in [0.1, 0.15) is 11.0 Å². The number of nitrogens with zero attached hydrogens (tertiary/aromatic N) is 2. The molecule has 4 nitrogen and oxygen atoms in total. The van der Waals surface area contributed by atoms with E-state index in [-0.39, 0.29) is 0 Å². The van der Waals surface area contributed by atoms with Crippen molar-refractivity contribution in [1.29, 1.82) is 0 Å². The first-order valence-corrected chi connectivity index (χ1v) is 10.8. The molecule has 0 aliphatic carbocycles. The summed E-state index contributed by atoms with van der Waals surface area (Å²) in [5.41, 5.74) is 8.65. The fourth-order valence-corrected chi connectivity index (χ4v) is 3.87. The van der Waals surface area contributed by atoms with Crippen molar-refractivity contribution in [2.45, 2.75) is 6.92 Å². The monoisotopic (exact) mass is 428 g/mol. The second-order valence-electron chi connectivity index (χ2n) is 8.00. The van der Waals surface area contributed by atoms with Crippen LogP contribution in [0, 0.1) is 6.92 Å². The predicted octanol–water partition coefficient (Wildman–Crippen LogP) is 7.78. The number of oxazole rings is 2. The normalized spacial score (nSPS) is 11.7. The molecule has 0 bridgehead atoms. The van der Waals surface area contributed by atoms with E-state index in [9.17, 15) is 0 Å². The third-order valence-corrected chi connectivity index (χ3v) is 5.70. The molecule has 0 unspecified atom stereocenters. The molecule has 0 saturated heterocycles. The van der Waals surface area contributed by atoms with Gasteiger partial charge >= 0.3 is 0 Å². The Morgan fingerprint density at radius 3 is 1.79 bits per heavy atom. The van der Waals surface area contributed by atoms with Crippen LogP contribution >= 0.6 is 0 Å². The number of aryl methyl sites for hydroxylation is 1. The summed E-state index contributed by atoms with van der Waals surface area (Å²) >= 11 is 0. The lowest BCUT2D eigenvalue weighted by Crippen LogP contribution is -1.80. The van der Waals surface area contributed by atoms with Gasteiger partial charge < -0.3 is 8.83 Å². The summed E-state index contributed by atoms with van der Waals surface area (Å²) in [6.45, 7) is 2.04. The summed E-state index contributed by atoms with van der Waals surface area (Å²) < 4.78 is 11.8. The van der Waals surface area contributed by atoms with Crippen molar-refractivity contribution in [2.24, 2.45) is 0 Å². The summed E-state index contributed by atoms with van der Waals surface area (Å²) in [6.07, 6.45) is 4.18. The lowest BCUT2D eigenvalue weighted by molar-refractivity contribution is 0.619. The predicted molar refractivity (Wildman–Crippen MR) is 133 cm³/mol. The molecule has 0 aliphatic heterocycles. The highest BCUT2D eigenvalue weighted by molar-refractivity contribution is 5.80. The van der Waals surface area contributed by atoms with Crippen LogP contribution in [0.15, 0.2) is 99.8 Å². The van der Waals surface area contributed by atoms with Crippen molar-refractivity contribution in [2.75, 3.05) is 0 Å². The van der Waals surface area contributed by atoms with E-state index in [0.717, 1.165) is 50.0 Å². The van der Waals surface area contributed by atoms with Crippen molar-refractivity contribution in [3.05, 3.63) is 108 Å². The van der Waals surface area contributed by atoms with Crippen molar-refractivity contribution in [1.82, 2.24) is 9.97 Å². The Morgan fingerprint density at radius 1 is 0.576 bits per heavy atom. The first kappa shape index (κ1) is 19.3. The summed E-state index contributed by atoms with van der Waals surface area (Å²) in [6, 6.07) is 30.2. The van der Waals surface area contributed by atoms with Crippen LogP contribution in [0.25, 0.3) is 57.3 Å². The molecule has 0 aliphatic rings. The van der Waals surface area contributed by atoms with Gasteiger partial charge in [-0.1, -0.05) is 60.7 Å². The van der Waals surface area contributed by atoms with E-state index in [1.165, 1.54) is 0 Å². The molecular formula is C29H20N2O2. The fraction of sp³-hybridized carbons (Fsp3) is 0.0345. The van der Waals surface area contributed by atoms with E-state index < -0.39 is 0 Å². The number of hydrogen-bond donors (Lipinski definition) is 0. The van der Waals surface area contributed by atoms with Crippen molar-refractivity contribution < 1.29 is 8.83 Å². The molecule has 2 aromatic heterocycles. The van der Waals surface area contributed by atoms with Gasteiger partial charge in [0.05, 0.1) is 0 Å². The number of para-hydroxylation sites is 3. The standard InChI is InChI=1S/C29H20N2O2/c1-19-5-4-8-26-27(19)31-29(33-26)23-17-13-21(14-18-23)10-9-20-11-15-22(16-12-20)28-30-24-6-2-3-7-25(24)32-28/h2-18H,1H3. The Kier molecular flexibility index (Phi) is 4.62. The number of benzene rings is 4. The molecule has 0 atom stereocenters. The highest BCUT2D eigenvalue weighted by Gasteiger charge is 2.10. The van der Waals surface area contributed by atoms with Crippen molar-refractivity contribution in [3.8, 4) is 22.9 Å². The molecule has 6 rings (SSSR count). The van der Waals surface area contributed by atoms with Crippen LogP contribution in [-0.4, -0.2) is 9.97 Å². The zero-order valence-electron chi connectivity index (χ0n) is 18.0. The van der Waals surface area contributed by atoms with E-state index in [1.54, 1.807) is 0 Å². The van der Waals surface area contributed by atoms with Crippen LogP contribution in [0.3, 0.4) is 0 Å². The summed E-state index contributed by atoms with van der Waals surface area (Å²) in [4.78, 5) is 9.22. The Labute approximate surface area is 190 Å². The van der Waals surface area contributed by atoms with Crippen LogP contribution in [0.5, 0.6) is 0 Å². The lowest BCUT2D eigenvalue weighted by atomic mass is 10.1. The second-order valence-corrected chi connectivity index (χ2v) is 8.00. The molecule has 0 spiro atoms. The molecule has 4 heteroatoms. The smallest absolute Gasteiger partial charge is 0.227 e. The Morgan fingerprint density at radius 2 is 1.15 bits per heavy atom. The van der Waals surface area contributed by atoms with E-state index in [0.29, 0.717) is 11.8 Å². The molecule has 0 amide bonds. The maximum Gasteiger partial charge on any atom is 0.227 e. The average molecular weight is 428 g/mol. The van der Waals surface area contributed by atoms with E-state index >= 15 is 0 Å². The minimum Gasteiger partial charge on any atom is -0.436 e. The van der Waals surface area contributed by atoms with Gasteiger partial charge in [0, 0.05) is 11.1 Å². The van der Waals surface area contributed by atoms with Gasteiger partial charge in [-0.05, 0) is 66.1 Å². The lowest BCUT2D eigenvalue weighted by Gasteiger charge is -1.99. The molecule has 33 heavy (non-hydrogen) atoms. The van der Waals surface area contributed by atoms with Gasteiger partial charge in [-0.3, -0.25) is 0 Å². The largest absolute Gasteiger partial charge is 0.436 e. The maximum absolute atomic E-state index is 5.93. The quantitative estimate of drug-likeness (QED) is 0.269. The third-order valence-electron chi connectivity index (χ3n) is 5.70. The van der Waals surface area contributed by atoms with Gasteiger partial charge in [-0.25, -0.2) is 9.97 Å². The molecule has 158 valence electrons. The van der Waals surface area contributed by atoms with Crippen molar-refractivity contribution >= 4 is 34.4 Å². The number of rotatable bonds is 4. The molecule has 0 fully saturated rings. The minimum atomic E-state index is 0.636.